The van der Waals surface area contributed by atoms with E-state index in [0.29, 0.717) is 5.92 Å². The Labute approximate surface area is 105 Å². The lowest BCUT2D eigenvalue weighted by molar-refractivity contribution is 0.575. The highest BCUT2D eigenvalue weighted by Gasteiger charge is 2.38. The molecule has 1 aromatic heterocycles. The average Bonchev–Trinajstić information content (AvgIpc) is 2.99. The van der Waals surface area contributed by atoms with Crippen LogP contribution in [0.5, 0.6) is 0 Å². The Kier molecular flexibility index (Phi) is 3.29. The molecule has 0 bridgehead atoms. The van der Waals surface area contributed by atoms with Crippen LogP contribution in [0, 0.1) is 5.92 Å². The Morgan fingerprint density at radius 1 is 1.65 bits per heavy atom. The molecule has 7 heteroatoms. The standard InChI is InChI=1S/C10H14ClN3O2S/c1-2-6-3-9(6)14-17(15,16)7-4-8(11)10(12)13-5-7/h4-6,9,14H,2-3H2,1H3,(H2,12,13). The molecule has 2 atom stereocenters. The van der Waals surface area contributed by atoms with Crippen LogP contribution < -0.4 is 10.5 Å². The van der Waals surface area contributed by atoms with Crippen molar-refractivity contribution < 1.29 is 8.42 Å². The van der Waals surface area contributed by atoms with Gasteiger partial charge in [0.15, 0.2) is 0 Å². The van der Waals surface area contributed by atoms with Gasteiger partial charge in [-0.05, 0) is 18.4 Å². The van der Waals surface area contributed by atoms with Crippen molar-refractivity contribution in [2.75, 3.05) is 5.73 Å². The van der Waals surface area contributed by atoms with Gasteiger partial charge in [-0.15, -0.1) is 0 Å². The fourth-order valence-electron chi connectivity index (χ4n) is 1.69. The van der Waals surface area contributed by atoms with E-state index in [0.717, 1.165) is 12.8 Å². The first-order valence-electron chi connectivity index (χ1n) is 5.37. The van der Waals surface area contributed by atoms with E-state index < -0.39 is 10.0 Å². The average molecular weight is 276 g/mol. The van der Waals surface area contributed by atoms with Crippen LogP contribution in [0.1, 0.15) is 19.8 Å². The number of sulfonamides is 1. The molecule has 94 valence electrons. The first kappa shape index (κ1) is 12.6. The van der Waals surface area contributed by atoms with E-state index in [4.69, 9.17) is 17.3 Å². The zero-order chi connectivity index (χ0) is 12.6. The summed E-state index contributed by atoms with van der Waals surface area (Å²) >= 11 is 5.75. The highest BCUT2D eigenvalue weighted by molar-refractivity contribution is 7.89. The van der Waals surface area contributed by atoms with Crippen LogP contribution in [0.3, 0.4) is 0 Å². The number of anilines is 1. The summed E-state index contributed by atoms with van der Waals surface area (Å²) in [4.78, 5) is 3.79. The number of nitrogens with two attached hydrogens (primary N) is 1. The van der Waals surface area contributed by atoms with Crippen molar-refractivity contribution in [3.8, 4) is 0 Å². The Hall–Kier alpha value is -0.850. The zero-order valence-corrected chi connectivity index (χ0v) is 10.9. The molecule has 17 heavy (non-hydrogen) atoms. The lowest BCUT2D eigenvalue weighted by Gasteiger charge is -2.06. The number of aromatic nitrogens is 1. The Bertz CT molecular complexity index is 532. The second kappa shape index (κ2) is 4.44. The van der Waals surface area contributed by atoms with Gasteiger partial charge < -0.3 is 5.73 Å². The van der Waals surface area contributed by atoms with Gasteiger partial charge in [-0.2, -0.15) is 0 Å². The highest BCUT2D eigenvalue weighted by atomic mass is 35.5. The lowest BCUT2D eigenvalue weighted by Crippen LogP contribution is -2.27. The molecule has 0 aliphatic heterocycles. The number of halogens is 1. The third kappa shape index (κ3) is 2.70. The monoisotopic (exact) mass is 275 g/mol. The summed E-state index contributed by atoms with van der Waals surface area (Å²) in [7, 11) is -3.53. The molecule has 5 nitrogen and oxygen atoms in total. The molecule has 2 rings (SSSR count). The predicted molar refractivity (Wildman–Crippen MR) is 66.2 cm³/mol. The van der Waals surface area contributed by atoms with Gasteiger partial charge in [0.2, 0.25) is 10.0 Å². The maximum atomic E-state index is 12.0. The normalized spacial score (nSPS) is 23.6. The zero-order valence-electron chi connectivity index (χ0n) is 9.35. The Morgan fingerprint density at radius 3 is 2.88 bits per heavy atom. The summed E-state index contributed by atoms with van der Waals surface area (Å²) in [5.41, 5.74) is 5.43. The second-order valence-corrected chi connectivity index (χ2v) is 6.29. The van der Waals surface area contributed by atoms with Crippen molar-refractivity contribution in [3.05, 3.63) is 17.3 Å². The van der Waals surface area contributed by atoms with E-state index in [9.17, 15) is 8.42 Å². The van der Waals surface area contributed by atoms with Crippen LogP contribution in [0.2, 0.25) is 5.02 Å². The minimum atomic E-state index is -3.53. The van der Waals surface area contributed by atoms with Crippen LogP contribution in [-0.4, -0.2) is 19.4 Å². The molecular formula is C10H14ClN3O2S. The van der Waals surface area contributed by atoms with Crippen molar-refractivity contribution in [1.29, 1.82) is 0 Å². The predicted octanol–water partition coefficient (Wildman–Crippen LogP) is 1.39. The molecule has 1 saturated carbocycles. The molecule has 1 fully saturated rings. The number of rotatable bonds is 4. The van der Waals surface area contributed by atoms with E-state index in [1.165, 1.54) is 12.3 Å². The van der Waals surface area contributed by atoms with Gasteiger partial charge >= 0.3 is 0 Å². The van der Waals surface area contributed by atoms with E-state index in [1.54, 1.807) is 0 Å². The maximum absolute atomic E-state index is 12.0. The van der Waals surface area contributed by atoms with Crippen molar-refractivity contribution in [3.63, 3.8) is 0 Å². The fraction of sp³-hybridized carbons (Fsp3) is 0.500. The quantitative estimate of drug-likeness (QED) is 0.870. The first-order chi connectivity index (χ1) is 7.94. The van der Waals surface area contributed by atoms with Gasteiger partial charge in [0.1, 0.15) is 10.7 Å². The van der Waals surface area contributed by atoms with Gasteiger partial charge in [-0.25, -0.2) is 18.1 Å². The van der Waals surface area contributed by atoms with Crippen molar-refractivity contribution in [2.24, 2.45) is 5.92 Å². The molecule has 0 amide bonds. The fourth-order valence-corrected chi connectivity index (χ4v) is 3.21. The molecule has 1 aliphatic rings. The van der Waals surface area contributed by atoms with Crippen molar-refractivity contribution in [2.45, 2.75) is 30.7 Å². The highest BCUT2D eigenvalue weighted by Crippen LogP contribution is 2.34. The van der Waals surface area contributed by atoms with Crippen LogP contribution in [0.15, 0.2) is 17.2 Å². The van der Waals surface area contributed by atoms with Crippen LogP contribution >= 0.6 is 11.6 Å². The summed E-state index contributed by atoms with van der Waals surface area (Å²) < 4.78 is 26.5. The van der Waals surface area contributed by atoms with E-state index in [2.05, 4.69) is 9.71 Å². The number of nitrogens with one attached hydrogen (secondary N) is 1. The molecule has 0 aromatic carbocycles. The summed E-state index contributed by atoms with van der Waals surface area (Å²) in [5.74, 6) is 0.575. The van der Waals surface area contributed by atoms with Gasteiger partial charge in [0.05, 0.1) is 5.02 Å². The molecule has 3 N–H and O–H groups in total. The van der Waals surface area contributed by atoms with Crippen LogP contribution in [0.4, 0.5) is 5.82 Å². The van der Waals surface area contributed by atoms with Crippen molar-refractivity contribution in [1.82, 2.24) is 9.71 Å². The molecule has 1 heterocycles. The summed E-state index contributed by atoms with van der Waals surface area (Å²) in [6, 6.07) is 1.36. The molecule has 0 spiro atoms. The molecule has 0 saturated heterocycles. The smallest absolute Gasteiger partial charge is 0.242 e. The minimum Gasteiger partial charge on any atom is -0.382 e. The Morgan fingerprint density at radius 2 is 2.35 bits per heavy atom. The second-order valence-electron chi connectivity index (χ2n) is 4.17. The largest absolute Gasteiger partial charge is 0.382 e. The van der Waals surface area contributed by atoms with E-state index in [1.807, 2.05) is 6.92 Å². The molecule has 1 aromatic rings. The number of hydrogen-bond acceptors (Lipinski definition) is 4. The third-order valence-corrected chi connectivity index (χ3v) is 4.67. The molecular weight excluding hydrogens is 262 g/mol. The number of nitrogens with zero attached hydrogens (tertiary/aromatic N) is 1. The third-order valence-electron chi connectivity index (χ3n) is 2.91. The molecule has 0 radical (unpaired) electrons. The Balaban J connectivity index is 2.17. The first-order valence-corrected chi connectivity index (χ1v) is 7.23. The lowest BCUT2D eigenvalue weighted by atomic mass is 10.3. The molecule has 2 unspecified atom stereocenters. The maximum Gasteiger partial charge on any atom is 0.242 e. The van der Waals surface area contributed by atoms with E-state index in [-0.39, 0.29) is 21.8 Å². The number of nitrogen functional groups attached to an aromatic ring is 1. The van der Waals surface area contributed by atoms with Crippen LogP contribution in [-0.2, 0) is 10.0 Å². The number of pyridine rings is 1. The number of hydrogen-bond donors (Lipinski definition) is 2. The van der Waals surface area contributed by atoms with Gasteiger partial charge in [0, 0.05) is 12.2 Å². The van der Waals surface area contributed by atoms with Crippen LogP contribution in [0.25, 0.3) is 0 Å². The topological polar surface area (TPSA) is 85.1 Å². The van der Waals surface area contributed by atoms with Gasteiger partial charge in [-0.3, -0.25) is 0 Å². The minimum absolute atomic E-state index is 0.0429. The van der Waals surface area contributed by atoms with Gasteiger partial charge in [-0.1, -0.05) is 24.9 Å². The summed E-state index contributed by atoms with van der Waals surface area (Å²) in [6.07, 6.45) is 3.09. The SMILES string of the molecule is CCC1CC1NS(=O)(=O)c1cnc(N)c(Cl)c1. The molecule has 1 aliphatic carbocycles. The van der Waals surface area contributed by atoms with Gasteiger partial charge in [0.25, 0.3) is 0 Å². The summed E-state index contributed by atoms with van der Waals surface area (Å²) in [5, 5.41) is 0.149. The van der Waals surface area contributed by atoms with Crippen molar-refractivity contribution >= 4 is 27.4 Å². The summed E-state index contributed by atoms with van der Waals surface area (Å²) in [6.45, 7) is 2.04. The van der Waals surface area contributed by atoms with E-state index >= 15 is 0 Å².